The lowest BCUT2D eigenvalue weighted by Crippen LogP contribution is -2.23. The molecule has 1 unspecified atom stereocenters. The molecule has 0 spiro atoms. The summed E-state index contributed by atoms with van der Waals surface area (Å²) in [6.45, 7) is 9.01. The van der Waals surface area contributed by atoms with Crippen molar-refractivity contribution in [3.63, 3.8) is 0 Å². The van der Waals surface area contributed by atoms with Crippen LogP contribution >= 0.6 is 0 Å². The molecule has 1 saturated carbocycles. The zero-order valence-corrected chi connectivity index (χ0v) is 11.4. The van der Waals surface area contributed by atoms with Gasteiger partial charge in [0.05, 0.1) is 0 Å². The van der Waals surface area contributed by atoms with Crippen LogP contribution in [0.4, 0.5) is 0 Å². The van der Waals surface area contributed by atoms with Crippen molar-refractivity contribution in [2.24, 2.45) is 11.8 Å². The van der Waals surface area contributed by atoms with Gasteiger partial charge in [-0.25, -0.2) is 0 Å². The second-order valence-corrected chi connectivity index (χ2v) is 5.87. The molecule has 0 heterocycles. The van der Waals surface area contributed by atoms with Gasteiger partial charge in [0.1, 0.15) is 0 Å². The topological polar surface area (TPSA) is 12.0 Å². The highest BCUT2D eigenvalue weighted by molar-refractivity contribution is 5.27. The molecule has 1 aromatic rings. The summed E-state index contributed by atoms with van der Waals surface area (Å²) in [7, 11) is 0. The standard InChI is InChI=1S/C16H25N/c1-12(2)13(3)10-17-11-14-4-6-15(7-5-14)16-8-9-16/h4-7,12-13,16-17H,8-11H2,1-3H3. The molecule has 0 amide bonds. The van der Waals surface area contributed by atoms with Crippen LogP contribution in [0.25, 0.3) is 0 Å². The summed E-state index contributed by atoms with van der Waals surface area (Å²) in [6.07, 6.45) is 2.78. The van der Waals surface area contributed by atoms with Gasteiger partial charge in [-0.15, -0.1) is 0 Å². The third-order valence-corrected chi connectivity index (χ3v) is 3.96. The first-order valence-corrected chi connectivity index (χ1v) is 6.96. The van der Waals surface area contributed by atoms with E-state index in [1.165, 1.54) is 24.0 Å². The fourth-order valence-electron chi connectivity index (χ4n) is 2.00. The molecular formula is C16H25N. The lowest BCUT2D eigenvalue weighted by molar-refractivity contribution is 0.392. The van der Waals surface area contributed by atoms with E-state index in [0.717, 1.165) is 30.8 Å². The second kappa shape index (κ2) is 5.68. The van der Waals surface area contributed by atoms with E-state index >= 15 is 0 Å². The molecule has 0 aromatic heterocycles. The van der Waals surface area contributed by atoms with Crippen molar-refractivity contribution >= 4 is 0 Å². The lowest BCUT2D eigenvalue weighted by Gasteiger charge is -2.16. The van der Waals surface area contributed by atoms with Crippen LogP contribution in [0.15, 0.2) is 24.3 Å². The molecule has 0 bridgehead atoms. The van der Waals surface area contributed by atoms with Crippen LogP contribution < -0.4 is 5.32 Å². The fraction of sp³-hybridized carbons (Fsp3) is 0.625. The molecule has 1 fully saturated rings. The average Bonchev–Trinajstić information content (AvgIpc) is 3.13. The first-order chi connectivity index (χ1) is 8.16. The van der Waals surface area contributed by atoms with Gasteiger partial charge < -0.3 is 5.32 Å². The van der Waals surface area contributed by atoms with Gasteiger partial charge in [0.25, 0.3) is 0 Å². The summed E-state index contributed by atoms with van der Waals surface area (Å²) in [5, 5.41) is 3.55. The van der Waals surface area contributed by atoms with Gasteiger partial charge in [0.15, 0.2) is 0 Å². The smallest absolute Gasteiger partial charge is 0.0205 e. The Kier molecular flexibility index (Phi) is 4.22. The van der Waals surface area contributed by atoms with Crippen molar-refractivity contribution in [2.45, 2.75) is 46.1 Å². The molecule has 1 aliphatic rings. The Balaban J connectivity index is 1.75. The quantitative estimate of drug-likeness (QED) is 0.782. The minimum absolute atomic E-state index is 0.751. The maximum absolute atomic E-state index is 3.55. The van der Waals surface area contributed by atoms with Crippen LogP contribution in [0, 0.1) is 11.8 Å². The molecule has 1 aromatic carbocycles. The van der Waals surface area contributed by atoms with Gasteiger partial charge in [-0.1, -0.05) is 45.0 Å². The van der Waals surface area contributed by atoms with Crippen LogP contribution in [-0.2, 0) is 6.54 Å². The number of hydrogen-bond donors (Lipinski definition) is 1. The zero-order valence-electron chi connectivity index (χ0n) is 11.4. The third kappa shape index (κ3) is 3.85. The van der Waals surface area contributed by atoms with Gasteiger partial charge in [-0.3, -0.25) is 0 Å². The summed E-state index contributed by atoms with van der Waals surface area (Å²) in [5.74, 6) is 2.39. The van der Waals surface area contributed by atoms with Crippen molar-refractivity contribution in [1.29, 1.82) is 0 Å². The molecule has 1 nitrogen and oxygen atoms in total. The Morgan fingerprint density at radius 1 is 1.12 bits per heavy atom. The van der Waals surface area contributed by atoms with Crippen molar-refractivity contribution in [3.8, 4) is 0 Å². The van der Waals surface area contributed by atoms with Gasteiger partial charge >= 0.3 is 0 Å². The van der Waals surface area contributed by atoms with E-state index in [1.54, 1.807) is 0 Å². The van der Waals surface area contributed by atoms with Crippen molar-refractivity contribution in [1.82, 2.24) is 5.32 Å². The number of rotatable bonds is 6. The Morgan fingerprint density at radius 2 is 1.76 bits per heavy atom. The van der Waals surface area contributed by atoms with E-state index in [4.69, 9.17) is 0 Å². The molecule has 1 aliphatic carbocycles. The van der Waals surface area contributed by atoms with Crippen LogP contribution in [0.3, 0.4) is 0 Å². The van der Waals surface area contributed by atoms with Crippen LogP contribution in [-0.4, -0.2) is 6.54 Å². The predicted molar refractivity (Wildman–Crippen MR) is 74.1 cm³/mol. The molecule has 94 valence electrons. The Bertz CT molecular complexity index is 335. The molecule has 0 aliphatic heterocycles. The number of hydrogen-bond acceptors (Lipinski definition) is 1. The Hall–Kier alpha value is -0.820. The predicted octanol–water partition coefficient (Wildman–Crippen LogP) is 3.95. The first-order valence-electron chi connectivity index (χ1n) is 6.96. The van der Waals surface area contributed by atoms with E-state index in [-0.39, 0.29) is 0 Å². The molecule has 1 atom stereocenters. The summed E-state index contributed by atoms with van der Waals surface area (Å²) in [5.41, 5.74) is 2.94. The van der Waals surface area contributed by atoms with Gasteiger partial charge in [-0.05, 0) is 48.3 Å². The normalized spacial score (nSPS) is 17.4. The number of nitrogens with one attached hydrogen (secondary N) is 1. The molecule has 2 rings (SSSR count). The minimum Gasteiger partial charge on any atom is -0.312 e. The summed E-state index contributed by atoms with van der Waals surface area (Å²) >= 11 is 0. The largest absolute Gasteiger partial charge is 0.312 e. The second-order valence-electron chi connectivity index (χ2n) is 5.87. The highest BCUT2D eigenvalue weighted by Gasteiger charge is 2.22. The SMILES string of the molecule is CC(C)C(C)CNCc1ccc(C2CC2)cc1. The van der Waals surface area contributed by atoms with Gasteiger partial charge in [-0.2, -0.15) is 0 Å². The summed E-state index contributed by atoms with van der Waals surface area (Å²) < 4.78 is 0. The van der Waals surface area contributed by atoms with E-state index in [9.17, 15) is 0 Å². The fourth-order valence-corrected chi connectivity index (χ4v) is 2.00. The lowest BCUT2D eigenvalue weighted by atomic mass is 9.98. The number of benzene rings is 1. The van der Waals surface area contributed by atoms with Gasteiger partial charge in [0, 0.05) is 6.54 Å². The minimum atomic E-state index is 0.751. The Morgan fingerprint density at radius 3 is 2.29 bits per heavy atom. The van der Waals surface area contributed by atoms with Crippen LogP contribution in [0.5, 0.6) is 0 Å². The zero-order chi connectivity index (χ0) is 12.3. The van der Waals surface area contributed by atoms with Crippen molar-refractivity contribution < 1.29 is 0 Å². The van der Waals surface area contributed by atoms with Crippen LogP contribution in [0.2, 0.25) is 0 Å². The first kappa shape index (κ1) is 12.6. The van der Waals surface area contributed by atoms with E-state index < -0.39 is 0 Å². The third-order valence-electron chi connectivity index (χ3n) is 3.96. The summed E-state index contributed by atoms with van der Waals surface area (Å²) in [6, 6.07) is 9.17. The average molecular weight is 231 g/mol. The van der Waals surface area contributed by atoms with Crippen LogP contribution in [0.1, 0.15) is 50.7 Å². The summed E-state index contributed by atoms with van der Waals surface area (Å²) in [4.78, 5) is 0. The molecule has 0 saturated heterocycles. The monoisotopic (exact) mass is 231 g/mol. The van der Waals surface area contributed by atoms with Gasteiger partial charge in [0.2, 0.25) is 0 Å². The van der Waals surface area contributed by atoms with E-state index in [1.807, 2.05) is 0 Å². The van der Waals surface area contributed by atoms with Crippen molar-refractivity contribution in [2.75, 3.05) is 6.54 Å². The highest BCUT2D eigenvalue weighted by Crippen LogP contribution is 2.39. The van der Waals surface area contributed by atoms with E-state index in [2.05, 4.69) is 50.4 Å². The Labute approximate surface area is 106 Å². The maximum atomic E-state index is 3.55. The van der Waals surface area contributed by atoms with Crippen molar-refractivity contribution in [3.05, 3.63) is 35.4 Å². The molecule has 1 heteroatoms. The highest BCUT2D eigenvalue weighted by atomic mass is 14.9. The maximum Gasteiger partial charge on any atom is 0.0205 e. The van der Waals surface area contributed by atoms with E-state index in [0.29, 0.717) is 0 Å². The molecule has 17 heavy (non-hydrogen) atoms. The molecule has 1 N–H and O–H groups in total. The molecule has 0 radical (unpaired) electrons. The molecular weight excluding hydrogens is 206 g/mol.